The Bertz CT molecular complexity index is 166. The number of ether oxygens (including phenoxy) is 2. The summed E-state index contributed by atoms with van der Waals surface area (Å²) in [6, 6.07) is 0. The molecule has 1 rings (SSSR count). The van der Waals surface area contributed by atoms with Crippen molar-refractivity contribution in [2.75, 3.05) is 27.4 Å². The predicted molar refractivity (Wildman–Crippen MR) is 50.6 cm³/mol. The van der Waals surface area contributed by atoms with Crippen LogP contribution in [0.1, 0.15) is 13.3 Å². The SMILES string of the molecule is CCCOC1([Si](C)(OC)OC)CO1. The number of rotatable bonds is 6. The third-order valence-electron chi connectivity index (χ3n) is 2.42. The predicted octanol–water partition coefficient (Wildman–Crippen LogP) is 1.04. The Kier molecular flexibility index (Phi) is 3.48. The van der Waals surface area contributed by atoms with E-state index in [1.54, 1.807) is 14.2 Å². The van der Waals surface area contributed by atoms with Gasteiger partial charge < -0.3 is 18.3 Å². The molecule has 1 atom stereocenters. The highest BCUT2D eigenvalue weighted by Gasteiger charge is 2.66. The van der Waals surface area contributed by atoms with Crippen molar-refractivity contribution in [3.63, 3.8) is 0 Å². The Balaban J connectivity index is 2.56. The lowest BCUT2D eigenvalue weighted by atomic mass is 10.5. The Morgan fingerprint density at radius 2 is 1.92 bits per heavy atom. The van der Waals surface area contributed by atoms with Gasteiger partial charge in [-0.3, -0.25) is 0 Å². The molecule has 0 N–H and O–H groups in total. The molecule has 0 amide bonds. The van der Waals surface area contributed by atoms with Gasteiger partial charge in [0.05, 0.1) is 0 Å². The van der Waals surface area contributed by atoms with Gasteiger partial charge >= 0.3 is 8.56 Å². The van der Waals surface area contributed by atoms with Crippen molar-refractivity contribution in [3.05, 3.63) is 0 Å². The number of hydrogen-bond donors (Lipinski definition) is 0. The first-order valence-electron chi connectivity index (χ1n) is 4.52. The number of epoxide rings is 1. The fourth-order valence-corrected chi connectivity index (χ4v) is 2.95. The van der Waals surface area contributed by atoms with Crippen LogP contribution >= 0.6 is 0 Å². The molecule has 0 aromatic rings. The van der Waals surface area contributed by atoms with E-state index in [0.29, 0.717) is 13.2 Å². The zero-order valence-electron chi connectivity index (χ0n) is 8.75. The smallest absolute Gasteiger partial charge is 0.395 e. The Labute approximate surface area is 80.4 Å². The molecule has 5 heteroatoms. The fourth-order valence-electron chi connectivity index (χ4n) is 1.20. The molecule has 1 aliphatic heterocycles. The van der Waals surface area contributed by atoms with Crippen LogP contribution in [0.15, 0.2) is 0 Å². The highest BCUT2D eigenvalue weighted by molar-refractivity contribution is 6.69. The van der Waals surface area contributed by atoms with Crippen molar-refractivity contribution in [2.24, 2.45) is 0 Å². The lowest BCUT2D eigenvalue weighted by Gasteiger charge is -2.28. The van der Waals surface area contributed by atoms with Gasteiger partial charge in [-0.15, -0.1) is 0 Å². The van der Waals surface area contributed by atoms with Gasteiger partial charge in [0.15, 0.2) is 0 Å². The molecule has 0 aromatic carbocycles. The largest absolute Gasteiger partial charge is 0.399 e. The van der Waals surface area contributed by atoms with Crippen LogP contribution in [0.5, 0.6) is 0 Å². The second-order valence-electron chi connectivity index (χ2n) is 3.24. The molecule has 0 aromatic heterocycles. The average molecular weight is 206 g/mol. The second kappa shape index (κ2) is 4.06. The van der Waals surface area contributed by atoms with Crippen LogP contribution < -0.4 is 0 Å². The maximum absolute atomic E-state index is 5.63. The summed E-state index contributed by atoms with van der Waals surface area (Å²) in [5.74, 6) is 0. The molecule has 1 aliphatic rings. The van der Waals surface area contributed by atoms with E-state index < -0.39 is 14.0 Å². The van der Waals surface area contributed by atoms with E-state index in [-0.39, 0.29) is 0 Å². The molecule has 78 valence electrons. The van der Waals surface area contributed by atoms with E-state index in [1.165, 1.54) is 0 Å². The Morgan fingerprint density at radius 1 is 1.38 bits per heavy atom. The van der Waals surface area contributed by atoms with Gasteiger partial charge in [-0.2, -0.15) is 0 Å². The van der Waals surface area contributed by atoms with Crippen LogP contribution in [0, 0.1) is 0 Å². The van der Waals surface area contributed by atoms with Crippen LogP contribution in [0.2, 0.25) is 6.55 Å². The monoisotopic (exact) mass is 206 g/mol. The maximum Gasteiger partial charge on any atom is 0.399 e. The molecule has 0 spiro atoms. The molecular formula is C8H18O4Si. The summed E-state index contributed by atoms with van der Waals surface area (Å²) < 4.78 is 21.7. The van der Waals surface area contributed by atoms with E-state index in [4.69, 9.17) is 18.3 Å². The van der Waals surface area contributed by atoms with Crippen molar-refractivity contribution in [1.29, 1.82) is 0 Å². The third-order valence-corrected chi connectivity index (χ3v) is 5.79. The van der Waals surface area contributed by atoms with E-state index in [0.717, 1.165) is 6.42 Å². The molecular weight excluding hydrogens is 188 g/mol. The number of hydrogen-bond acceptors (Lipinski definition) is 4. The van der Waals surface area contributed by atoms with Gasteiger partial charge in [0.25, 0.3) is 0 Å². The Morgan fingerprint density at radius 3 is 2.23 bits per heavy atom. The minimum atomic E-state index is -2.30. The van der Waals surface area contributed by atoms with Crippen LogP contribution in [-0.2, 0) is 18.3 Å². The van der Waals surface area contributed by atoms with Crippen molar-refractivity contribution in [2.45, 2.75) is 25.3 Å². The van der Waals surface area contributed by atoms with Gasteiger partial charge in [-0.25, -0.2) is 0 Å². The summed E-state index contributed by atoms with van der Waals surface area (Å²) in [7, 11) is 0.999. The van der Waals surface area contributed by atoms with E-state index in [9.17, 15) is 0 Å². The standard InChI is InChI=1S/C8H18O4Si/c1-5-6-11-8(7-12-8)13(4,9-2)10-3/h5-7H2,1-4H3. The minimum absolute atomic E-state index is 0.549. The first-order valence-corrected chi connectivity index (χ1v) is 6.84. The van der Waals surface area contributed by atoms with Crippen LogP contribution in [0.4, 0.5) is 0 Å². The first-order chi connectivity index (χ1) is 6.14. The zero-order chi connectivity index (χ0) is 9.95. The van der Waals surface area contributed by atoms with Gasteiger partial charge in [0, 0.05) is 20.8 Å². The van der Waals surface area contributed by atoms with Crippen molar-refractivity contribution < 1.29 is 18.3 Å². The van der Waals surface area contributed by atoms with Gasteiger partial charge in [-0.1, -0.05) is 6.92 Å². The molecule has 1 fully saturated rings. The van der Waals surface area contributed by atoms with E-state index in [2.05, 4.69) is 6.92 Å². The molecule has 4 nitrogen and oxygen atoms in total. The first kappa shape index (κ1) is 11.1. The summed E-state index contributed by atoms with van der Waals surface area (Å²) in [6.07, 6.45) is 0.975. The van der Waals surface area contributed by atoms with Crippen LogP contribution in [0.3, 0.4) is 0 Å². The van der Waals surface area contributed by atoms with Gasteiger partial charge in [0.2, 0.25) is 5.41 Å². The quantitative estimate of drug-likeness (QED) is 0.481. The third kappa shape index (κ3) is 1.94. The average Bonchev–Trinajstić information content (AvgIpc) is 2.95. The summed E-state index contributed by atoms with van der Waals surface area (Å²) >= 11 is 0. The van der Waals surface area contributed by atoms with Crippen molar-refractivity contribution >= 4 is 8.56 Å². The molecule has 1 unspecified atom stereocenters. The molecule has 1 saturated heterocycles. The summed E-state index contributed by atoms with van der Waals surface area (Å²) in [4.78, 5) is 0. The molecule has 0 saturated carbocycles. The summed E-state index contributed by atoms with van der Waals surface area (Å²) in [5, 5.41) is 0. The lowest BCUT2D eigenvalue weighted by molar-refractivity contribution is -0.0226. The lowest BCUT2D eigenvalue weighted by Crippen LogP contribution is -2.54. The van der Waals surface area contributed by atoms with E-state index >= 15 is 0 Å². The van der Waals surface area contributed by atoms with Gasteiger partial charge in [-0.05, 0) is 13.0 Å². The van der Waals surface area contributed by atoms with Crippen molar-refractivity contribution in [3.8, 4) is 0 Å². The highest BCUT2D eigenvalue weighted by atomic mass is 28.4. The zero-order valence-corrected chi connectivity index (χ0v) is 9.75. The topological polar surface area (TPSA) is 40.2 Å². The highest BCUT2D eigenvalue weighted by Crippen LogP contribution is 2.39. The molecule has 1 heterocycles. The molecule has 0 bridgehead atoms. The molecule has 0 aliphatic carbocycles. The minimum Gasteiger partial charge on any atom is -0.395 e. The second-order valence-corrected chi connectivity index (χ2v) is 6.71. The van der Waals surface area contributed by atoms with Gasteiger partial charge in [0.1, 0.15) is 6.61 Å². The van der Waals surface area contributed by atoms with Crippen LogP contribution in [0.25, 0.3) is 0 Å². The normalized spacial score (nSPS) is 27.7. The van der Waals surface area contributed by atoms with Crippen LogP contribution in [-0.4, -0.2) is 41.4 Å². The summed E-state index contributed by atoms with van der Waals surface area (Å²) in [6.45, 7) is 5.30. The molecule has 0 radical (unpaired) electrons. The fraction of sp³-hybridized carbons (Fsp3) is 1.00. The summed E-state index contributed by atoms with van der Waals surface area (Å²) in [5.41, 5.74) is -0.549. The molecule has 13 heavy (non-hydrogen) atoms. The Hall–Kier alpha value is 0.0569. The van der Waals surface area contributed by atoms with Crippen molar-refractivity contribution in [1.82, 2.24) is 0 Å². The maximum atomic E-state index is 5.63. The van der Waals surface area contributed by atoms with E-state index in [1.807, 2.05) is 6.55 Å².